The third kappa shape index (κ3) is 4.51. The lowest BCUT2D eigenvalue weighted by molar-refractivity contribution is -0.137. The highest BCUT2D eigenvalue weighted by Crippen LogP contribution is 2.30. The Labute approximate surface area is 166 Å². The van der Waals surface area contributed by atoms with E-state index in [9.17, 15) is 23.1 Å². The molecular formula is C20H21F3N4O2. The number of para-hydroxylation sites is 1. The predicted octanol–water partition coefficient (Wildman–Crippen LogP) is 4.27. The summed E-state index contributed by atoms with van der Waals surface area (Å²) in [5.74, 6) is 0.434. The highest BCUT2D eigenvalue weighted by molar-refractivity contribution is 5.97. The van der Waals surface area contributed by atoms with Gasteiger partial charge in [-0.1, -0.05) is 25.1 Å². The number of nitrogens with one attached hydrogen (secondary N) is 2. The second kappa shape index (κ2) is 8.12. The number of urea groups is 1. The van der Waals surface area contributed by atoms with Crippen molar-refractivity contribution in [2.24, 2.45) is 4.99 Å². The molecule has 9 heteroatoms. The second-order valence-electron chi connectivity index (χ2n) is 6.64. The first-order chi connectivity index (χ1) is 13.7. The van der Waals surface area contributed by atoms with E-state index in [-0.39, 0.29) is 5.69 Å². The summed E-state index contributed by atoms with van der Waals surface area (Å²) >= 11 is 0. The van der Waals surface area contributed by atoms with Crippen LogP contribution in [0.15, 0.2) is 53.5 Å². The van der Waals surface area contributed by atoms with Crippen LogP contribution in [0.25, 0.3) is 0 Å². The van der Waals surface area contributed by atoms with Crippen LogP contribution < -0.4 is 10.6 Å². The number of carbonyl (C=O) groups is 1. The largest absolute Gasteiger partial charge is 0.416 e. The van der Waals surface area contributed by atoms with Crippen LogP contribution in [0, 0.1) is 0 Å². The number of nitrogens with zero attached hydrogens (tertiary/aromatic N) is 2. The van der Waals surface area contributed by atoms with E-state index in [1.54, 1.807) is 31.3 Å². The van der Waals surface area contributed by atoms with Crippen molar-refractivity contribution in [2.45, 2.75) is 31.8 Å². The highest BCUT2D eigenvalue weighted by atomic mass is 19.4. The zero-order valence-electron chi connectivity index (χ0n) is 15.9. The number of likely N-dealkylation sites (N-methyl/N-ethyl adjacent to an activating group) is 1. The summed E-state index contributed by atoms with van der Waals surface area (Å²) in [7, 11) is 1.56. The van der Waals surface area contributed by atoms with Crippen molar-refractivity contribution < 1.29 is 23.1 Å². The van der Waals surface area contributed by atoms with Gasteiger partial charge in [0.2, 0.25) is 0 Å². The number of anilines is 1. The van der Waals surface area contributed by atoms with Crippen LogP contribution in [-0.2, 0) is 6.18 Å². The zero-order valence-corrected chi connectivity index (χ0v) is 15.9. The lowest BCUT2D eigenvalue weighted by Crippen LogP contribution is -2.50. The number of amides is 2. The van der Waals surface area contributed by atoms with Gasteiger partial charge in [0.1, 0.15) is 5.84 Å². The molecule has 0 fully saturated rings. The van der Waals surface area contributed by atoms with E-state index in [2.05, 4.69) is 15.6 Å². The molecule has 2 atom stereocenters. The predicted molar refractivity (Wildman–Crippen MR) is 104 cm³/mol. The number of aliphatic hydroxyl groups is 1. The Kier molecular flexibility index (Phi) is 5.78. The average Bonchev–Trinajstić information content (AvgIpc) is 2.68. The molecule has 0 aromatic heterocycles. The molecule has 154 valence electrons. The molecule has 6 nitrogen and oxygen atoms in total. The minimum atomic E-state index is -4.44. The minimum absolute atomic E-state index is 0.244. The number of aliphatic hydroxyl groups excluding tert-OH is 1. The van der Waals surface area contributed by atoms with Gasteiger partial charge in [0.15, 0.2) is 6.23 Å². The standard InChI is InChI=1S/C20H21F3N4O2/c1-3-16(17-25-15-7-5-4-6-14(15)18(28)26-17)27(2)19(29)24-13-10-8-12(9-11-13)20(21,22)23/h4-11,16,18,28H,3H2,1-2H3,(H,24,29)(H,25,26). The maximum Gasteiger partial charge on any atom is 0.416 e. The maximum atomic E-state index is 12.7. The lowest BCUT2D eigenvalue weighted by Gasteiger charge is -2.32. The summed E-state index contributed by atoms with van der Waals surface area (Å²) in [6.07, 6.45) is -4.87. The summed E-state index contributed by atoms with van der Waals surface area (Å²) in [6, 6.07) is 10.4. The molecule has 0 spiro atoms. The van der Waals surface area contributed by atoms with Crippen LogP contribution >= 0.6 is 0 Å². The van der Waals surface area contributed by atoms with E-state index >= 15 is 0 Å². The molecule has 3 N–H and O–H groups in total. The van der Waals surface area contributed by atoms with Gasteiger partial charge in [0, 0.05) is 18.3 Å². The fraction of sp³-hybridized carbons (Fsp3) is 0.300. The van der Waals surface area contributed by atoms with Crippen LogP contribution in [0.2, 0.25) is 0 Å². The molecule has 2 aromatic carbocycles. The Morgan fingerprint density at radius 1 is 1.24 bits per heavy atom. The number of carbonyl (C=O) groups excluding carboxylic acids is 1. The minimum Gasteiger partial charge on any atom is -0.369 e. The van der Waals surface area contributed by atoms with Crippen molar-refractivity contribution in [1.29, 1.82) is 0 Å². The van der Waals surface area contributed by atoms with Crippen molar-refractivity contribution in [2.75, 3.05) is 12.4 Å². The van der Waals surface area contributed by atoms with Gasteiger partial charge in [-0.05, 0) is 36.8 Å². The molecule has 0 saturated heterocycles. The Hall–Kier alpha value is -3.07. The van der Waals surface area contributed by atoms with Crippen LogP contribution in [0.1, 0.15) is 30.7 Å². The molecule has 1 aliphatic heterocycles. The number of alkyl halides is 3. The molecule has 0 saturated carbocycles. The zero-order chi connectivity index (χ0) is 21.2. The third-order valence-corrected chi connectivity index (χ3v) is 4.71. The van der Waals surface area contributed by atoms with Gasteiger partial charge in [-0.3, -0.25) is 0 Å². The molecule has 1 aliphatic rings. The SMILES string of the molecule is CCC(C1=Nc2ccccc2C(O)N1)N(C)C(=O)Nc1ccc(C(F)(F)F)cc1. The number of amidine groups is 1. The number of hydrogen-bond donors (Lipinski definition) is 3. The topological polar surface area (TPSA) is 77.0 Å². The number of halogens is 3. The van der Waals surface area contributed by atoms with Crippen molar-refractivity contribution in [1.82, 2.24) is 10.2 Å². The molecule has 3 rings (SSSR count). The van der Waals surface area contributed by atoms with E-state index in [1.807, 2.05) is 6.92 Å². The normalized spacial score (nSPS) is 16.9. The molecule has 2 aromatic rings. The highest BCUT2D eigenvalue weighted by Gasteiger charge is 2.31. The number of benzene rings is 2. The van der Waals surface area contributed by atoms with E-state index in [0.717, 1.165) is 12.1 Å². The molecule has 29 heavy (non-hydrogen) atoms. The van der Waals surface area contributed by atoms with Gasteiger partial charge in [0.05, 0.1) is 17.3 Å². The Morgan fingerprint density at radius 2 is 1.90 bits per heavy atom. The molecular weight excluding hydrogens is 385 g/mol. The number of fused-ring (bicyclic) bond motifs is 1. The van der Waals surface area contributed by atoms with Crippen molar-refractivity contribution in [3.63, 3.8) is 0 Å². The summed E-state index contributed by atoms with van der Waals surface area (Å²) in [5.41, 5.74) is 0.712. The summed E-state index contributed by atoms with van der Waals surface area (Å²) in [6.45, 7) is 1.86. The van der Waals surface area contributed by atoms with Crippen molar-refractivity contribution >= 4 is 23.2 Å². The summed E-state index contributed by atoms with van der Waals surface area (Å²) < 4.78 is 38.0. The van der Waals surface area contributed by atoms with Gasteiger partial charge in [-0.15, -0.1) is 0 Å². The van der Waals surface area contributed by atoms with E-state index in [0.29, 0.717) is 23.5 Å². The molecule has 2 amide bonds. The second-order valence-corrected chi connectivity index (χ2v) is 6.64. The lowest BCUT2D eigenvalue weighted by atomic mass is 10.1. The Balaban J connectivity index is 1.75. The van der Waals surface area contributed by atoms with E-state index < -0.39 is 30.0 Å². The fourth-order valence-corrected chi connectivity index (χ4v) is 3.12. The average molecular weight is 406 g/mol. The van der Waals surface area contributed by atoms with Crippen LogP contribution in [0.4, 0.5) is 29.3 Å². The monoisotopic (exact) mass is 406 g/mol. The summed E-state index contributed by atoms with van der Waals surface area (Å²) in [5, 5.41) is 15.8. The number of aliphatic imine (C=N–C) groups is 1. The first-order valence-corrected chi connectivity index (χ1v) is 9.04. The van der Waals surface area contributed by atoms with E-state index in [4.69, 9.17) is 0 Å². The van der Waals surface area contributed by atoms with Crippen LogP contribution in [-0.4, -0.2) is 35.0 Å². The van der Waals surface area contributed by atoms with E-state index in [1.165, 1.54) is 17.0 Å². The van der Waals surface area contributed by atoms with Gasteiger partial charge in [0.25, 0.3) is 0 Å². The molecule has 0 aliphatic carbocycles. The number of rotatable bonds is 4. The fourth-order valence-electron chi connectivity index (χ4n) is 3.12. The quantitative estimate of drug-likeness (QED) is 0.710. The molecule has 2 unspecified atom stereocenters. The van der Waals surface area contributed by atoms with Gasteiger partial charge >= 0.3 is 12.2 Å². The first-order valence-electron chi connectivity index (χ1n) is 9.04. The first kappa shape index (κ1) is 20.7. The molecule has 0 radical (unpaired) electrons. The van der Waals surface area contributed by atoms with Crippen molar-refractivity contribution in [3.8, 4) is 0 Å². The summed E-state index contributed by atoms with van der Waals surface area (Å²) in [4.78, 5) is 18.5. The van der Waals surface area contributed by atoms with Gasteiger partial charge < -0.3 is 20.6 Å². The number of hydrogen-bond acceptors (Lipinski definition) is 4. The molecule has 0 bridgehead atoms. The maximum absolute atomic E-state index is 12.7. The van der Waals surface area contributed by atoms with Crippen LogP contribution in [0.5, 0.6) is 0 Å². The third-order valence-electron chi connectivity index (χ3n) is 4.71. The smallest absolute Gasteiger partial charge is 0.369 e. The van der Waals surface area contributed by atoms with Crippen LogP contribution in [0.3, 0.4) is 0 Å². The molecule has 1 heterocycles. The Bertz CT molecular complexity index is 913. The van der Waals surface area contributed by atoms with Crippen molar-refractivity contribution in [3.05, 3.63) is 59.7 Å². The van der Waals surface area contributed by atoms with Gasteiger partial charge in [-0.2, -0.15) is 13.2 Å². The van der Waals surface area contributed by atoms with Gasteiger partial charge in [-0.25, -0.2) is 9.79 Å². The Morgan fingerprint density at radius 3 is 2.52 bits per heavy atom.